The second-order valence-electron chi connectivity index (χ2n) is 11.9. The lowest BCUT2D eigenvalue weighted by Gasteiger charge is -2.30. The molecule has 0 fully saturated rings. The molecule has 0 radical (unpaired) electrons. The zero-order chi connectivity index (χ0) is 30.2. The third-order valence-corrected chi connectivity index (χ3v) is 9.35. The van der Waals surface area contributed by atoms with E-state index in [-0.39, 0.29) is 5.41 Å². The molecule has 0 amide bonds. The van der Waals surface area contributed by atoms with Gasteiger partial charge in [-0.05, 0) is 93.4 Å². The van der Waals surface area contributed by atoms with Gasteiger partial charge in [0.2, 0.25) is 0 Å². The van der Waals surface area contributed by atoms with Crippen LogP contribution in [-0.4, -0.2) is 0 Å². The summed E-state index contributed by atoms with van der Waals surface area (Å²) in [5.74, 6) is 0. The van der Waals surface area contributed by atoms with Crippen molar-refractivity contribution in [2.45, 2.75) is 12.3 Å². The van der Waals surface area contributed by atoms with Gasteiger partial charge < -0.3 is 4.90 Å². The van der Waals surface area contributed by atoms with Gasteiger partial charge in [0.15, 0.2) is 0 Å². The number of fused-ring (bicyclic) bond motifs is 3. The predicted octanol–water partition coefficient (Wildman–Crippen LogP) is 11.8. The van der Waals surface area contributed by atoms with Gasteiger partial charge in [0.1, 0.15) is 0 Å². The van der Waals surface area contributed by atoms with Crippen LogP contribution in [0.5, 0.6) is 0 Å². The maximum Gasteiger partial charge on any atom is 0.0468 e. The van der Waals surface area contributed by atoms with Crippen LogP contribution in [0, 0.1) is 0 Å². The number of nitrogens with zero attached hydrogens (tertiary/aromatic N) is 1. The first kappa shape index (κ1) is 26.9. The van der Waals surface area contributed by atoms with E-state index in [1.165, 1.54) is 50.1 Å². The maximum atomic E-state index is 2.39. The Morgan fingerprint density at radius 2 is 0.867 bits per heavy atom. The maximum absolute atomic E-state index is 2.39. The third kappa shape index (κ3) is 4.65. The first-order valence-electron chi connectivity index (χ1n) is 15.6. The summed E-state index contributed by atoms with van der Waals surface area (Å²) in [5.41, 5.74) is 14.6. The van der Waals surface area contributed by atoms with Gasteiger partial charge in [-0.3, -0.25) is 0 Å². The highest BCUT2D eigenvalue weighted by Gasteiger charge is 2.40. The first-order chi connectivity index (χ1) is 22.2. The molecule has 0 spiro atoms. The van der Waals surface area contributed by atoms with Crippen LogP contribution in [0.25, 0.3) is 33.4 Å². The lowest BCUT2D eigenvalue weighted by Crippen LogP contribution is -2.22. The average molecular weight is 576 g/mol. The Kier molecular flexibility index (Phi) is 6.65. The fraction of sp³-hybridized carbons (Fsp3) is 0.0455. The van der Waals surface area contributed by atoms with Gasteiger partial charge >= 0.3 is 0 Å². The SMILES string of the molecule is CC1(c2ccccc2)c2ccccc2-c2cc(N(c3ccc(-c4ccccc4)cc3)c3cccc(-c4ccccc4)c3)ccc21. The lowest BCUT2D eigenvalue weighted by molar-refractivity contribution is 0.714. The second-order valence-corrected chi connectivity index (χ2v) is 11.9. The molecule has 1 atom stereocenters. The highest BCUT2D eigenvalue weighted by atomic mass is 15.1. The van der Waals surface area contributed by atoms with E-state index < -0.39 is 0 Å². The lowest BCUT2D eigenvalue weighted by atomic mass is 9.74. The Balaban J connectivity index is 1.30. The van der Waals surface area contributed by atoms with Gasteiger partial charge in [0.25, 0.3) is 0 Å². The van der Waals surface area contributed by atoms with Crippen molar-refractivity contribution in [1.29, 1.82) is 0 Å². The molecule has 1 nitrogen and oxygen atoms in total. The van der Waals surface area contributed by atoms with Crippen molar-refractivity contribution in [3.8, 4) is 33.4 Å². The molecule has 45 heavy (non-hydrogen) atoms. The molecule has 0 N–H and O–H groups in total. The topological polar surface area (TPSA) is 3.24 Å². The molecule has 1 aliphatic rings. The van der Waals surface area contributed by atoms with Crippen LogP contribution >= 0.6 is 0 Å². The van der Waals surface area contributed by atoms with Gasteiger partial charge in [-0.15, -0.1) is 0 Å². The van der Waals surface area contributed by atoms with Gasteiger partial charge in [-0.1, -0.05) is 146 Å². The Hall–Kier alpha value is -5.66. The quantitative estimate of drug-likeness (QED) is 0.191. The minimum absolute atomic E-state index is 0.221. The number of hydrogen-bond donors (Lipinski definition) is 0. The minimum atomic E-state index is -0.221. The standard InChI is InChI=1S/C44H33N/c1-44(36-19-9-4-10-20-36)42-23-12-11-22-40(42)41-31-39(28-29-43(41)44)45(37-26-24-34(25-27-37)32-14-5-2-6-15-32)38-21-13-18-35(30-38)33-16-7-3-8-17-33/h2-31H,1H3. The predicted molar refractivity (Wildman–Crippen MR) is 189 cm³/mol. The molecule has 7 aromatic rings. The highest BCUT2D eigenvalue weighted by molar-refractivity contribution is 5.89. The number of rotatable bonds is 6. The van der Waals surface area contributed by atoms with Crippen LogP contribution < -0.4 is 4.90 Å². The molecule has 1 aliphatic carbocycles. The molecule has 1 heteroatoms. The van der Waals surface area contributed by atoms with Crippen LogP contribution in [-0.2, 0) is 5.41 Å². The van der Waals surface area contributed by atoms with Crippen molar-refractivity contribution in [2.75, 3.05) is 4.90 Å². The smallest absolute Gasteiger partial charge is 0.0468 e. The van der Waals surface area contributed by atoms with E-state index in [4.69, 9.17) is 0 Å². The fourth-order valence-corrected chi connectivity index (χ4v) is 7.05. The second kappa shape index (κ2) is 11.1. The first-order valence-corrected chi connectivity index (χ1v) is 15.6. The van der Waals surface area contributed by atoms with E-state index in [2.05, 4.69) is 194 Å². The number of hydrogen-bond acceptors (Lipinski definition) is 1. The van der Waals surface area contributed by atoms with Crippen LogP contribution in [0.2, 0.25) is 0 Å². The molecule has 0 bridgehead atoms. The zero-order valence-corrected chi connectivity index (χ0v) is 25.3. The Morgan fingerprint density at radius 3 is 1.58 bits per heavy atom. The highest BCUT2D eigenvalue weighted by Crippen LogP contribution is 2.53. The van der Waals surface area contributed by atoms with Crippen molar-refractivity contribution >= 4 is 17.1 Å². The van der Waals surface area contributed by atoms with E-state index >= 15 is 0 Å². The van der Waals surface area contributed by atoms with E-state index in [0.717, 1.165) is 17.1 Å². The van der Waals surface area contributed by atoms with Crippen molar-refractivity contribution < 1.29 is 0 Å². The summed E-state index contributed by atoms with van der Waals surface area (Å²) in [5, 5.41) is 0. The molecule has 8 rings (SSSR count). The van der Waals surface area contributed by atoms with Crippen LogP contribution in [0.15, 0.2) is 182 Å². The molecule has 214 valence electrons. The Bertz CT molecular complexity index is 2100. The number of anilines is 3. The van der Waals surface area contributed by atoms with Crippen molar-refractivity contribution in [1.82, 2.24) is 0 Å². The zero-order valence-electron chi connectivity index (χ0n) is 25.3. The molecule has 0 aromatic heterocycles. The normalized spacial score (nSPS) is 14.9. The van der Waals surface area contributed by atoms with Crippen LogP contribution in [0.3, 0.4) is 0 Å². The summed E-state index contributed by atoms with van der Waals surface area (Å²) in [6, 6.07) is 65.9. The van der Waals surface area contributed by atoms with Crippen molar-refractivity contribution in [2.24, 2.45) is 0 Å². The van der Waals surface area contributed by atoms with E-state index in [0.29, 0.717) is 0 Å². The van der Waals surface area contributed by atoms with E-state index in [1.54, 1.807) is 0 Å². The Morgan fingerprint density at radius 1 is 0.356 bits per heavy atom. The molecule has 1 unspecified atom stereocenters. The van der Waals surface area contributed by atoms with Crippen molar-refractivity contribution in [3.63, 3.8) is 0 Å². The van der Waals surface area contributed by atoms with Crippen molar-refractivity contribution in [3.05, 3.63) is 199 Å². The molecule has 0 saturated carbocycles. The van der Waals surface area contributed by atoms with Gasteiger partial charge in [-0.2, -0.15) is 0 Å². The molecule has 0 saturated heterocycles. The molecular formula is C44H33N. The van der Waals surface area contributed by atoms with Crippen LogP contribution in [0.4, 0.5) is 17.1 Å². The molecule has 0 aliphatic heterocycles. The van der Waals surface area contributed by atoms with E-state index in [1.807, 2.05) is 0 Å². The van der Waals surface area contributed by atoms with Gasteiger partial charge in [0.05, 0.1) is 0 Å². The molecule has 0 heterocycles. The van der Waals surface area contributed by atoms with E-state index in [9.17, 15) is 0 Å². The summed E-state index contributed by atoms with van der Waals surface area (Å²) in [6.07, 6.45) is 0. The van der Waals surface area contributed by atoms with Crippen LogP contribution in [0.1, 0.15) is 23.6 Å². The van der Waals surface area contributed by atoms with Gasteiger partial charge in [0, 0.05) is 22.5 Å². The summed E-state index contributed by atoms with van der Waals surface area (Å²) in [4.78, 5) is 2.39. The summed E-state index contributed by atoms with van der Waals surface area (Å²) < 4.78 is 0. The fourth-order valence-electron chi connectivity index (χ4n) is 7.05. The summed E-state index contributed by atoms with van der Waals surface area (Å²) in [7, 11) is 0. The largest absolute Gasteiger partial charge is 0.310 e. The third-order valence-electron chi connectivity index (χ3n) is 9.35. The molecular weight excluding hydrogens is 542 g/mol. The summed E-state index contributed by atoms with van der Waals surface area (Å²) in [6.45, 7) is 2.37. The summed E-state index contributed by atoms with van der Waals surface area (Å²) >= 11 is 0. The Labute approximate surface area is 265 Å². The van der Waals surface area contributed by atoms with Gasteiger partial charge in [-0.25, -0.2) is 0 Å². The minimum Gasteiger partial charge on any atom is -0.310 e. The average Bonchev–Trinajstić information content (AvgIpc) is 3.38. The molecule has 7 aromatic carbocycles. The monoisotopic (exact) mass is 575 g/mol. The number of benzene rings is 7.